The summed E-state index contributed by atoms with van der Waals surface area (Å²) in [6.45, 7) is 6.00. The van der Waals surface area contributed by atoms with Gasteiger partial charge in [0.2, 0.25) is 0 Å². The number of furan rings is 1. The minimum Gasteiger partial charge on any atom is -0.456 e. The summed E-state index contributed by atoms with van der Waals surface area (Å²) in [6, 6.07) is 11.7. The molecule has 1 aromatic heterocycles. The Morgan fingerprint density at radius 2 is 1.89 bits per heavy atom. The first-order valence-electron chi connectivity index (χ1n) is 6.56. The first-order chi connectivity index (χ1) is 9.10. The smallest absolute Gasteiger partial charge is 0.287 e. The Hall–Kier alpha value is -2.03. The molecule has 3 heteroatoms. The predicted octanol–water partition coefficient (Wildman–Crippen LogP) is 3.64. The summed E-state index contributed by atoms with van der Waals surface area (Å²) in [5.74, 6) is 1.02. The molecule has 0 saturated heterocycles. The average molecular weight is 257 g/mol. The van der Waals surface area contributed by atoms with Crippen LogP contribution in [0.3, 0.4) is 0 Å². The second kappa shape index (κ2) is 5.74. The molecule has 1 atom stereocenters. The minimum atomic E-state index is -0.173. The Kier molecular flexibility index (Phi) is 4.05. The zero-order chi connectivity index (χ0) is 13.8. The van der Waals surface area contributed by atoms with Crippen molar-refractivity contribution in [3.63, 3.8) is 0 Å². The van der Waals surface area contributed by atoms with Gasteiger partial charge in [-0.3, -0.25) is 4.79 Å². The standard InChI is InChI=1S/C16H19NO2/c1-4-14-9-10-15(19-14)16(18)17-12(3)13-7-5-11(2)6-8-13/h5-10,12H,4H2,1-3H3,(H,17,18). The van der Waals surface area contributed by atoms with Crippen molar-refractivity contribution in [2.75, 3.05) is 0 Å². The average Bonchev–Trinajstić information content (AvgIpc) is 2.88. The molecule has 0 radical (unpaired) electrons. The van der Waals surface area contributed by atoms with E-state index >= 15 is 0 Å². The van der Waals surface area contributed by atoms with Crippen molar-refractivity contribution >= 4 is 5.91 Å². The van der Waals surface area contributed by atoms with Crippen LogP contribution in [0.1, 0.15) is 47.3 Å². The molecule has 0 aliphatic carbocycles. The number of carbonyl (C=O) groups is 1. The van der Waals surface area contributed by atoms with Crippen LogP contribution in [0.2, 0.25) is 0 Å². The summed E-state index contributed by atoms with van der Waals surface area (Å²) < 4.78 is 5.44. The van der Waals surface area contributed by atoms with Gasteiger partial charge in [-0.2, -0.15) is 0 Å². The molecule has 19 heavy (non-hydrogen) atoms. The van der Waals surface area contributed by atoms with E-state index in [9.17, 15) is 4.79 Å². The molecular weight excluding hydrogens is 238 g/mol. The lowest BCUT2D eigenvalue weighted by molar-refractivity contribution is 0.0910. The molecular formula is C16H19NO2. The highest BCUT2D eigenvalue weighted by Crippen LogP contribution is 2.15. The van der Waals surface area contributed by atoms with E-state index < -0.39 is 0 Å². The van der Waals surface area contributed by atoms with E-state index in [1.54, 1.807) is 6.07 Å². The highest BCUT2D eigenvalue weighted by Gasteiger charge is 2.14. The van der Waals surface area contributed by atoms with Crippen molar-refractivity contribution < 1.29 is 9.21 Å². The van der Waals surface area contributed by atoms with Crippen LogP contribution in [0, 0.1) is 6.92 Å². The first-order valence-corrected chi connectivity index (χ1v) is 6.56. The fourth-order valence-corrected chi connectivity index (χ4v) is 1.90. The molecule has 0 aliphatic heterocycles. The largest absolute Gasteiger partial charge is 0.456 e. The Labute approximate surface area is 113 Å². The molecule has 0 aliphatic rings. The molecule has 0 saturated carbocycles. The lowest BCUT2D eigenvalue weighted by atomic mass is 10.1. The van der Waals surface area contributed by atoms with E-state index in [1.807, 2.05) is 51.1 Å². The maximum Gasteiger partial charge on any atom is 0.287 e. The van der Waals surface area contributed by atoms with Gasteiger partial charge in [0.15, 0.2) is 5.76 Å². The lowest BCUT2D eigenvalue weighted by Gasteiger charge is -2.13. The number of amides is 1. The van der Waals surface area contributed by atoms with E-state index in [0.717, 1.165) is 17.7 Å². The van der Waals surface area contributed by atoms with Gasteiger partial charge in [-0.15, -0.1) is 0 Å². The van der Waals surface area contributed by atoms with Crippen molar-refractivity contribution in [2.24, 2.45) is 0 Å². The SMILES string of the molecule is CCc1ccc(C(=O)NC(C)c2ccc(C)cc2)o1. The summed E-state index contributed by atoms with van der Waals surface area (Å²) >= 11 is 0. The van der Waals surface area contributed by atoms with Crippen molar-refractivity contribution in [1.29, 1.82) is 0 Å². The van der Waals surface area contributed by atoms with Crippen LogP contribution in [0.15, 0.2) is 40.8 Å². The van der Waals surface area contributed by atoms with Gasteiger partial charge in [-0.05, 0) is 31.5 Å². The molecule has 100 valence electrons. The number of carbonyl (C=O) groups excluding carboxylic acids is 1. The number of nitrogens with one attached hydrogen (secondary N) is 1. The van der Waals surface area contributed by atoms with Gasteiger partial charge in [0, 0.05) is 6.42 Å². The van der Waals surface area contributed by atoms with E-state index in [1.165, 1.54) is 5.56 Å². The summed E-state index contributed by atoms with van der Waals surface area (Å²) in [7, 11) is 0. The summed E-state index contributed by atoms with van der Waals surface area (Å²) in [4.78, 5) is 12.0. The van der Waals surface area contributed by atoms with Gasteiger partial charge < -0.3 is 9.73 Å². The molecule has 0 bridgehead atoms. The zero-order valence-electron chi connectivity index (χ0n) is 11.6. The lowest BCUT2D eigenvalue weighted by Crippen LogP contribution is -2.26. The van der Waals surface area contributed by atoms with E-state index in [0.29, 0.717) is 5.76 Å². The molecule has 2 rings (SSSR count). The van der Waals surface area contributed by atoms with Crippen LogP contribution in [0.5, 0.6) is 0 Å². The van der Waals surface area contributed by atoms with Gasteiger partial charge in [-0.1, -0.05) is 36.8 Å². The quantitative estimate of drug-likeness (QED) is 0.908. The van der Waals surface area contributed by atoms with Crippen LogP contribution < -0.4 is 5.32 Å². The normalized spacial score (nSPS) is 12.2. The van der Waals surface area contributed by atoms with Gasteiger partial charge >= 0.3 is 0 Å². The van der Waals surface area contributed by atoms with Crippen LogP contribution in [0.4, 0.5) is 0 Å². The monoisotopic (exact) mass is 257 g/mol. The fourth-order valence-electron chi connectivity index (χ4n) is 1.90. The number of hydrogen-bond donors (Lipinski definition) is 1. The number of benzene rings is 1. The van der Waals surface area contributed by atoms with Gasteiger partial charge in [0.25, 0.3) is 5.91 Å². The molecule has 1 unspecified atom stereocenters. The van der Waals surface area contributed by atoms with Crippen molar-refractivity contribution in [3.05, 3.63) is 59.0 Å². The Morgan fingerprint density at radius 3 is 2.47 bits per heavy atom. The highest BCUT2D eigenvalue weighted by molar-refractivity contribution is 5.91. The summed E-state index contributed by atoms with van der Waals surface area (Å²) in [5.41, 5.74) is 2.29. The van der Waals surface area contributed by atoms with Gasteiger partial charge in [-0.25, -0.2) is 0 Å². The van der Waals surface area contributed by atoms with E-state index in [2.05, 4.69) is 5.32 Å². The number of rotatable bonds is 4. The third kappa shape index (κ3) is 3.25. The molecule has 3 nitrogen and oxygen atoms in total. The van der Waals surface area contributed by atoms with Crippen molar-refractivity contribution in [3.8, 4) is 0 Å². The molecule has 1 aromatic carbocycles. The molecule has 2 aromatic rings. The molecule has 1 heterocycles. The predicted molar refractivity (Wildman–Crippen MR) is 75.1 cm³/mol. The van der Waals surface area contributed by atoms with Crippen LogP contribution in [0.25, 0.3) is 0 Å². The Balaban J connectivity index is 2.04. The second-order valence-electron chi connectivity index (χ2n) is 4.73. The third-order valence-electron chi connectivity index (χ3n) is 3.16. The second-order valence-corrected chi connectivity index (χ2v) is 4.73. The molecule has 1 amide bonds. The van der Waals surface area contributed by atoms with Crippen molar-refractivity contribution in [1.82, 2.24) is 5.32 Å². The zero-order valence-corrected chi connectivity index (χ0v) is 11.6. The summed E-state index contributed by atoms with van der Waals surface area (Å²) in [6.07, 6.45) is 0.792. The highest BCUT2D eigenvalue weighted by atomic mass is 16.3. The van der Waals surface area contributed by atoms with Gasteiger partial charge in [0.1, 0.15) is 5.76 Å². The van der Waals surface area contributed by atoms with Crippen LogP contribution >= 0.6 is 0 Å². The maximum atomic E-state index is 12.0. The van der Waals surface area contributed by atoms with Crippen LogP contribution in [-0.4, -0.2) is 5.91 Å². The van der Waals surface area contributed by atoms with Crippen molar-refractivity contribution in [2.45, 2.75) is 33.2 Å². The fraction of sp³-hybridized carbons (Fsp3) is 0.312. The Bertz CT molecular complexity index is 554. The maximum absolute atomic E-state index is 12.0. The Morgan fingerprint density at radius 1 is 1.21 bits per heavy atom. The van der Waals surface area contributed by atoms with Gasteiger partial charge in [0.05, 0.1) is 6.04 Å². The third-order valence-corrected chi connectivity index (χ3v) is 3.16. The van der Waals surface area contributed by atoms with E-state index in [4.69, 9.17) is 4.42 Å². The molecule has 0 fully saturated rings. The van der Waals surface area contributed by atoms with Crippen LogP contribution in [-0.2, 0) is 6.42 Å². The topological polar surface area (TPSA) is 42.2 Å². The minimum absolute atomic E-state index is 0.0386. The molecule has 1 N–H and O–H groups in total. The summed E-state index contributed by atoms with van der Waals surface area (Å²) in [5, 5.41) is 2.94. The van der Waals surface area contributed by atoms with E-state index in [-0.39, 0.29) is 11.9 Å². The molecule has 0 spiro atoms. The first kappa shape index (κ1) is 13.4. The number of aryl methyl sites for hydroxylation is 2. The number of hydrogen-bond acceptors (Lipinski definition) is 2.